The number of ether oxygens (including phenoxy) is 1. The fourth-order valence-corrected chi connectivity index (χ4v) is 1.71. The van der Waals surface area contributed by atoms with Crippen molar-refractivity contribution in [2.45, 2.75) is 40.7 Å². The normalized spacial score (nSPS) is 12.4. The van der Waals surface area contributed by atoms with Gasteiger partial charge in [-0.05, 0) is 49.9 Å². The van der Waals surface area contributed by atoms with Crippen LogP contribution in [0.15, 0.2) is 12.1 Å². The molecule has 3 nitrogen and oxygen atoms in total. The minimum Gasteiger partial charge on any atom is -0.484 e. The first-order valence-electron chi connectivity index (χ1n) is 6.50. The first-order valence-corrected chi connectivity index (χ1v) is 6.88. The number of rotatable bonds is 5. The highest BCUT2D eigenvalue weighted by Gasteiger charge is 2.11. The van der Waals surface area contributed by atoms with Crippen molar-refractivity contribution in [3.05, 3.63) is 28.3 Å². The Balaban J connectivity index is 2.55. The zero-order valence-electron chi connectivity index (χ0n) is 12.2. The van der Waals surface area contributed by atoms with Gasteiger partial charge in [0.1, 0.15) is 5.75 Å². The summed E-state index contributed by atoms with van der Waals surface area (Å²) < 4.78 is 5.49. The lowest BCUT2D eigenvalue weighted by Gasteiger charge is -2.17. The summed E-state index contributed by atoms with van der Waals surface area (Å²) in [6.45, 7) is 9.98. The molecule has 106 valence electrons. The molecule has 0 aromatic heterocycles. The van der Waals surface area contributed by atoms with Crippen LogP contribution >= 0.6 is 11.6 Å². The number of halogens is 1. The molecule has 1 aromatic carbocycles. The summed E-state index contributed by atoms with van der Waals surface area (Å²) in [4.78, 5) is 11.7. The fraction of sp³-hybridized carbons (Fsp3) is 0.533. The standard InChI is InChI=1S/C15H22ClNO2/c1-9(2)12(5)17-14(18)8-19-13-6-10(3)15(16)11(4)7-13/h6-7,9,12H,8H2,1-5H3,(H,17,18)/t12-/m0/s1. The highest BCUT2D eigenvalue weighted by Crippen LogP contribution is 2.25. The SMILES string of the molecule is Cc1cc(OCC(=O)N[C@@H](C)C(C)C)cc(C)c1Cl. The molecule has 0 aliphatic rings. The first kappa shape index (κ1) is 15.8. The molecule has 1 atom stereocenters. The smallest absolute Gasteiger partial charge is 0.258 e. The lowest BCUT2D eigenvalue weighted by atomic mass is 10.1. The molecule has 0 aliphatic carbocycles. The zero-order chi connectivity index (χ0) is 14.6. The quantitative estimate of drug-likeness (QED) is 0.898. The van der Waals surface area contributed by atoms with E-state index in [1.54, 1.807) is 0 Å². The number of carbonyl (C=O) groups excluding carboxylic acids is 1. The third kappa shape index (κ3) is 4.75. The van der Waals surface area contributed by atoms with Crippen LogP contribution in [0, 0.1) is 19.8 Å². The van der Waals surface area contributed by atoms with E-state index in [1.807, 2.05) is 32.9 Å². The van der Waals surface area contributed by atoms with Crippen molar-refractivity contribution in [3.8, 4) is 5.75 Å². The molecular formula is C15H22ClNO2. The van der Waals surface area contributed by atoms with Crippen LogP contribution in [0.1, 0.15) is 31.9 Å². The van der Waals surface area contributed by atoms with Gasteiger partial charge in [0.25, 0.3) is 5.91 Å². The highest BCUT2D eigenvalue weighted by atomic mass is 35.5. The zero-order valence-corrected chi connectivity index (χ0v) is 13.0. The van der Waals surface area contributed by atoms with Crippen molar-refractivity contribution < 1.29 is 9.53 Å². The predicted octanol–water partition coefficient (Wildman–Crippen LogP) is 3.50. The van der Waals surface area contributed by atoms with Crippen LogP contribution in [0.3, 0.4) is 0 Å². The van der Waals surface area contributed by atoms with Crippen LogP contribution in [-0.2, 0) is 4.79 Å². The Morgan fingerprint density at radius 3 is 2.26 bits per heavy atom. The van der Waals surface area contributed by atoms with E-state index in [0.29, 0.717) is 11.7 Å². The van der Waals surface area contributed by atoms with Crippen molar-refractivity contribution in [3.63, 3.8) is 0 Å². The molecular weight excluding hydrogens is 262 g/mol. The van der Waals surface area contributed by atoms with Gasteiger partial charge < -0.3 is 10.1 Å². The minimum absolute atomic E-state index is 0.0254. The molecule has 0 bridgehead atoms. The summed E-state index contributed by atoms with van der Waals surface area (Å²) in [7, 11) is 0. The lowest BCUT2D eigenvalue weighted by molar-refractivity contribution is -0.124. The van der Waals surface area contributed by atoms with Gasteiger partial charge >= 0.3 is 0 Å². The largest absolute Gasteiger partial charge is 0.484 e. The maximum atomic E-state index is 11.7. The van der Waals surface area contributed by atoms with Crippen molar-refractivity contribution >= 4 is 17.5 Å². The van der Waals surface area contributed by atoms with Gasteiger partial charge in [-0.1, -0.05) is 25.4 Å². The van der Waals surface area contributed by atoms with Crippen LogP contribution in [0.25, 0.3) is 0 Å². The molecule has 0 saturated heterocycles. The van der Waals surface area contributed by atoms with Gasteiger partial charge in [0.05, 0.1) is 0 Å². The fourth-order valence-electron chi connectivity index (χ4n) is 1.60. The van der Waals surface area contributed by atoms with E-state index in [1.165, 1.54) is 0 Å². The summed E-state index contributed by atoms with van der Waals surface area (Å²) in [6, 6.07) is 3.83. The van der Waals surface area contributed by atoms with Crippen LogP contribution in [0.4, 0.5) is 0 Å². The molecule has 1 aromatic rings. The number of nitrogens with one attached hydrogen (secondary N) is 1. The van der Waals surface area contributed by atoms with Crippen molar-refractivity contribution in [1.82, 2.24) is 5.32 Å². The molecule has 0 aliphatic heterocycles. The Morgan fingerprint density at radius 2 is 1.79 bits per heavy atom. The second-order valence-electron chi connectivity index (χ2n) is 5.26. The number of carbonyl (C=O) groups is 1. The van der Waals surface area contributed by atoms with Gasteiger partial charge in [-0.2, -0.15) is 0 Å². The molecule has 0 unspecified atom stereocenters. The predicted molar refractivity (Wildman–Crippen MR) is 78.9 cm³/mol. The van der Waals surface area contributed by atoms with Crippen LogP contribution in [0.5, 0.6) is 5.75 Å². The second kappa shape index (κ2) is 6.80. The van der Waals surface area contributed by atoms with E-state index in [9.17, 15) is 4.79 Å². The molecule has 0 spiro atoms. The van der Waals surface area contributed by atoms with Gasteiger partial charge in [0.15, 0.2) is 6.61 Å². The van der Waals surface area contributed by atoms with E-state index in [2.05, 4.69) is 19.2 Å². The van der Waals surface area contributed by atoms with Crippen LogP contribution in [-0.4, -0.2) is 18.6 Å². The van der Waals surface area contributed by atoms with Gasteiger partial charge in [-0.15, -0.1) is 0 Å². The summed E-state index contributed by atoms with van der Waals surface area (Å²) in [6.07, 6.45) is 0. The number of hydrogen-bond donors (Lipinski definition) is 1. The Hall–Kier alpha value is -1.22. The summed E-state index contributed by atoms with van der Waals surface area (Å²) >= 11 is 6.08. The Labute approximate surface area is 120 Å². The van der Waals surface area contributed by atoms with E-state index in [0.717, 1.165) is 16.1 Å². The van der Waals surface area contributed by atoms with Crippen LogP contribution in [0.2, 0.25) is 5.02 Å². The Bertz CT molecular complexity index is 434. The van der Waals surface area contributed by atoms with E-state index in [4.69, 9.17) is 16.3 Å². The van der Waals surface area contributed by atoms with Crippen molar-refractivity contribution in [2.75, 3.05) is 6.61 Å². The minimum atomic E-state index is -0.105. The average Bonchev–Trinajstić information content (AvgIpc) is 2.33. The van der Waals surface area contributed by atoms with Gasteiger partial charge in [0, 0.05) is 11.1 Å². The summed E-state index contributed by atoms with van der Waals surface area (Å²) in [5.41, 5.74) is 1.90. The molecule has 0 radical (unpaired) electrons. The number of hydrogen-bond acceptors (Lipinski definition) is 2. The third-order valence-electron chi connectivity index (χ3n) is 3.17. The van der Waals surface area contributed by atoms with E-state index < -0.39 is 0 Å². The average molecular weight is 284 g/mol. The molecule has 4 heteroatoms. The summed E-state index contributed by atoms with van der Waals surface area (Å²) in [5.74, 6) is 0.974. The third-order valence-corrected chi connectivity index (χ3v) is 3.76. The molecule has 1 rings (SSSR count). The molecule has 0 saturated carbocycles. The van der Waals surface area contributed by atoms with Gasteiger partial charge in [-0.25, -0.2) is 0 Å². The highest BCUT2D eigenvalue weighted by molar-refractivity contribution is 6.32. The Kier molecular flexibility index (Phi) is 5.67. The first-order chi connectivity index (χ1) is 8.81. The van der Waals surface area contributed by atoms with E-state index in [-0.39, 0.29) is 18.6 Å². The maximum absolute atomic E-state index is 11.7. The maximum Gasteiger partial charge on any atom is 0.258 e. The topological polar surface area (TPSA) is 38.3 Å². The number of aryl methyl sites for hydroxylation is 2. The second-order valence-corrected chi connectivity index (χ2v) is 5.64. The van der Waals surface area contributed by atoms with Crippen molar-refractivity contribution in [2.24, 2.45) is 5.92 Å². The van der Waals surface area contributed by atoms with Gasteiger partial charge in [0.2, 0.25) is 0 Å². The summed E-state index contributed by atoms with van der Waals surface area (Å²) in [5, 5.41) is 3.64. The molecule has 19 heavy (non-hydrogen) atoms. The molecule has 1 N–H and O–H groups in total. The lowest BCUT2D eigenvalue weighted by Crippen LogP contribution is -2.38. The number of benzene rings is 1. The van der Waals surface area contributed by atoms with E-state index >= 15 is 0 Å². The Morgan fingerprint density at radius 1 is 1.26 bits per heavy atom. The molecule has 1 amide bonds. The van der Waals surface area contributed by atoms with Crippen LogP contribution < -0.4 is 10.1 Å². The van der Waals surface area contributed by atoms with Gasteiger partial charge in [-0.3, -0.25) is 4.79 Å². The number of amides is 1. The molecule has 0 fully saturated rings. The molecule has 0 heterocycles. The monoisotopic (exact) mass is 283 g/mol. The van der Waals surface area contributed by atoms with Crippen molar-refractivity contribution in [1.29, 1.82) is 0 Å².